The van der Waals surface area contributed by atoms with E-state index < -0.39 is 0 Å². The summed E-state index contributed by atoms with van der Waals surface area (Å²) < 4.78 is 0. The third-order valence-electron chi connectivity index (χ3n) is 4.13. The minimum absolute atomic E-state index is 0.0423. The fraction of sp³-hybridized carbons (Fsp3) is 0.769. The van der Waals surface area contributed by atoms with Crippen LogP contribution in [-0.2, 0) is 0 Å². The van der Waals surface area contributed by atoms with Crippen molar-refractivity contribution >= 4 is 5.91 Å². The van der Waals surface area contributed by atoms with Gasteiger partial charge in [-0.1, -0.05) is 13.8 Å². The zero-order valence-electron chi connectivity index (χ0n) is 11.5. The third-order valence-corrected chi connectivity index (χ3v) is 4.13. The van der Waals surface area contributed by atoms with Crippen molar-refractivity contribution in [3.63, 3.8) is 0 Å². The predicted octanol–water partition coefficient (Wildman–Crippen LogP) is 0.752. The lowest BCUT2D eigenvalue weighted by Crippen LogP contribution is -2.41. The molecule has 0 saturated carbocycles. The van der Waals surface area contributed by atoms with Gasteiger partial charge in [0.1, 0.15) is 5.82 Å². The average molecular weight is 263 g/mol. The highest BCUT2D eigenvalue weighted by atomic mass is 16.2. The summed E-state index contributed by atoms with van der Waals surface area (Å²) >= 11 is 0. The predicted molar refractivity (Wildman–Crippen MR) is 70.9 cm³/mol. The zero-order chi connectivity index (χ0) is 13.4. The van der Waals surface area contributed by atoms with Crippen molar-refractivity contribution in [3.05, 3.63) is 11.6 Å². The summed E-state index contributed by atoms with van der Waals surface area (Å²) in [6, 6.07) is 0.459. The zero-order valence-corrected chi connectivity index (χ0v) is 11.5. The number of amides is 1. The second-order valence-electron chi connectivity index (χ2n) is 5.87. The fourth-order valence-corrected chi connectivity index (χ4v) is 2.98. The first-order valence-electron chi connectivity index (χ1n) is 7.10. The monoisotopic (exact) mass is 263 g/mol. The number of carbonyl (C=O) groups excluding carboxylic acids is 1. The Hall–Kier alpha value is -1.43. The van der Waals surface area contributed by atoms with Crippen molar-refractivity contribution < 1.29 is 4.79 Å². The van der Waals surface area contributed by atoms with E-state index in [1.54, 1.807) is 0 Å². The third kappa shape index (κ3) is 2.36. The number of hydrogen-bond acceptors (Lipinski definition) is 4. The molecule has 1 aromatic heterocycles. The van der Waals surface area contributed by atoms with Gasteiger partial charge in [0.25, 0.3) is 5.91 Å². The molecule has 1 aromatic rings. The minimum Gasteiger partial charge on any atom is -0.334 e. The summed E-state index contributed by atoms with van der Waals surface area (Å²) in [6.45, 7) is 6.75. The molecule has 2 N–H and O–H groups in total. The molecule has 104 valence electrons. The van der Waals surface area contributed by atoms with Crippen LogP contribution in [0.15, 0.2) is 0 Å². The highest BCUT2D eigenvalue weighted by Gasteiger charge is 2.37. The molecular formula is C13H21N5O. The highest BCUT2D eigenvalue weighted by Crippen LogP contribution is 2.25. The molecule has 3 heterocycles. The quantitative estimate of drug-likeness (QED) is 0.826. The van der Waals surface area contributed by atoms with Crippen molar-refractivity contribution in [1.29, 1.82) is 0 Å². The van der Waals surface area contributed by atoms with Crippen LogP contribution in [0.1, 0.15) is 49.1 Å². The van der Waals surface area contributed by atoms with Crippen LogP contribution in [0, 0.1) is 5.92 Å². The number of nitrogens with zero attached hydrogens (tertiary/aromatic N) is 3. The summed E-state index contributed by atoms with van der Waals surface area (Å²) in [6.07, 6.45) is 2.42. The van der Waals surface area contributed by atoms with Gasteiger partial charge in [-0.2, -0.15) is 0 Å². The van der Waals surface area contributed by atoms with Gasteiger partial charge in [-0.3, -0.25) is 9.89 Å². The molecule has 2 atom stereocenters. The molecule has 0 aliphatic carbocycles. The highest BCUT2D eigenvalue weighted by molar-refractivity contribution is 5.90. The van der Waals surface area contributed by atoms with E-state index in [0.29, 0.717) is 17.8 Å². The van der Waals surface area contributed by atoms with E-state index in [-0.39, 0.29) is 11.8 Å². The summed E-state index contributed by atoms with van der Waals surface area (Å²) in [5, 5.41) is 10.4. The molecule has 0 aromatic carbocycles. The number of rotatable bonds is 2. The SMILES string of the molecule is CC(C)c1nc(C(=O)N2CC3CCCNC3C2)n[nH]1. The molecule has 2 saturated heterocycles. The van der Waals surface area contributed by atoms with Gasteiger partial charge < -0.3 is 10.2 Å². The van der Waals surface area contributed by atoms with Crippen LogP contribution < -0.4 is 5.32 Å². The fourth-order valence-electron chi connectivity index (χ4n) is 2.98. The molecule has 2 fully saturated rings. The van der Waals surface area contributed by atoms with E-state index >= 15 is 0 Å². The first-order chi connectivity index (χ1) is 9.15. The Morgan fingerprint density at radius 1 is 1.42 bits per heavy atom. The van der Waals surface area contributed by atoms with Gasteiger partial charge >= 0.3 is 0 Å². The van der Waals surface area contributed by atoms with E-state index in [1.165, 1.54) is 12.8 Å². The van der Waals surface area contributed by atoms with Gasteiger partial charge in [-0.15, -0.1) is 5.10 Å². The Morgan fingerprint density at radius 3 is 2.95 bits per heavy atom. The molecule has 2 aliphatic rings. The summed E-state index contributed by atoms with van der Waals surface area (Å²) in [7, 11) is 0. The van der Waals surface area contributed by atoms with Gasteiger partial charge in [-0.05, 0) is 25.3 Å². The van der Waals surface area contributed by atoms with Gasteiger partial charge in [-0.25, -0.2) is 4.98 Å². The molecular weight excluding hydrogens is 242 g/mol. The van der Waals surface area contributed by atoms with E-state index in [4.69, 9.17) is 0 Å². The number of aromatic nitrogens is 3. The topological polar surface area (TPSA) is 73.9 Å². The Balaban J connectivity index is 1.70. The molecule has 0 bridgehead atoms. The molecule has 2 aliphatic heterocycles. The number of aromatic amines is 1. The van der Waals surface area contributed by atoms with E-state index in [1.807, 2.05) is 18.7 Å². The maximum Gasteiger partial charge on any atom is 0.293 e. The molecule has 3 rings (SSSR count). The van der Waals surface area contributed by atoms with Crippen molar-refractivity contribution in [2.75, 3.05) is 19.6 Å². The first kappa shape index (κ1) is 12.6. The molecule has 2 unspecified atom stereocenters. The van der Waals surface area contributed by atoms with Crippen LogP contribution in [0.5, 0.6) is 0 Å². The van der Waals surface area contributed by atoms with Crippen LogP contribution >= 0.6 is 0 Å². The summed E-state index contributed by atoms with van der Waals surface area (Å²) in [5.74, 6) is 1.90. The normalized spacial score (nSPS) is 26.8. The lowest BCUT2D eigenvalue weighted by Gasteiger charge is -2.24. The molecule has 1 amide bonds. The molecule has 6 nitrogen and oxygen atoms in total. The molecule has 6 heteroatoms. The number of hydrogen-bond donors (Lipinski definition) is 2. The number of H-pyrrole nitrogens is 1. The van der Waals surface area contributed by atoms with Gasteiger partial charge in [0.2, 0.25) is 5.82 Å². The van der Waals surface area contributed by atoms with Crippen molar-refractivity contribution in [2.24, 2.45) is 5.92 Å². The first-order valence-corrected chi connectivity index (χ1v) is 7.10. The minimum atomic E-state index is -0.0423. The summed E-state index contributed by atoms with van der Waals surface area (Å²) in [4.78, 5) is 18.6. The average Bonchev–Trinajstić information content (AvgIpc) is 3.04. The Morgan fingerprint density at radius 2 is 2.26 bits per heavy atom. The number of piperidine rings is 1. The lowest BCUT2D eigenvalue weighted by molar-refractivity contribution is 0.0774. The van der Waals surface area contributed by atoms with Crippen molar-refractivity contribution in [1.82, 2.24) is 25.4 Å². The Labute approximate surface area is 113 Å². The Bertz CT molecular complexity index is 455. The van der Waals surface area contributed by atoms with Gasteiger partial charge in [0.15, 0.2) is 0 Å². The largest absolute Gasteiger partial charge is 0.334 e. The van der Waals surface area contributed by atoms with E-state index in [9.17, 15) is 4.79 Å². The molecule has 0 spiro atoms. The number of likely N-dealkylation sites (tertiary alicyclic amines) is 1. The maximum atomic E-state index is 12.4. The second kappa shape index (κ2) is 4.92. The van der Waals surface area contributed by atoms with Crippen LogP contribution in [0.4, 0.5) is 0 Å². The van der Waals surface area contributed by atoms with Gasteiger partial charge in [0.05, 0.1) is 0 Å². The molecule has 0 radical (unpaired) electrons. The summed E-state index contributed by atoms with van der Waals surface area (Å²) in [5.41, 5.74) is 0. The second-order valence-corrected chi connectivity index (χ2v) is 5.87. The van der Waals surface area contributed by atoms with Crippen LogP contribution in [0.3, 0.4) is 0 Å². The van der Waals surface area contributed by atoms with Crippen LogP contribution in [0.2, 0.25) is 0 Å². The smallest absolute Gasteiger partial charge is 0.293 e. The number of fused-ring (bicyclic) bond motifs is 1. The van der Waals surface area contributed by atoms with Gasteiger partial charge in [0, 0.05) is 25.0 Å². The number of carbonyl (C=O) groups is 1. The standard InChI is InChI=1S/C13H21N5O/c1-8(2)11-15-12(17-16-11)13(19)18-6-9-4-3-5-14-10(9)7-18/h8-10,14H,3-7H2,1-2H3,(H,15,16,17). The van der Waals surface area contributed by atoms with E-state index in [2.05, 4.69) is 20.5 Å². The van der Waals surface area contributed by atoms with Crippen LogP contribution in [0.25, 0.3) is 0 Å². The lowest BCUT2D eigenvalue weighted by atomic mass is 9.94. The van der Waals surface area contributed by atoms with Crippen LogP contribution in [-0.4, -0.2) is 51.7 Å². The number of nitrogens with one attached hydrogen (secondary N) is 2. The van der Waals surface area contributed by atoms with Crippen molar-refractivity contribution in [2.45, 2.75) is 38.6 Å². The van der Waals surface area contributed by atoms with E-state index in [0.717, 1.165) is 25.5 Å². The van der Waals surface area contributed by atoms with Crippen molar-refractivity contribution in [3.8, 4) is 0 Å². The Kier molecular flexibility index (Phi) is 3.26. The molecule has 19 heavy (non-hydrogen) atoms. The maximum absolute atomic E-state index is 12.4.